The molecule has 0 rings (SSSR count). The van der Waals surface area contributed by atoms with E-state index in [9.17, 15) is 9.59 Å². The van der Waals surface area contributed by atoms with Gasteiger partial charge in [-0.3, -0.25) is 9.68 Å². The van der Waals surface area contributed by atoms with Crippen LogP contribution in [0.5, 0.6) is 0 Å². The van der Waals surface area contributed by atoms with Gasteiger partial charge in [0.05, 0.1) is 6.61 Å². The molecule has 74 valence electrons. The van der Waals surface area contributed by atoms with E-state index in [-0.39, 0.29) is 33.9 Å². The van der Waals surface area contributed by atoms with Gasteiger partial charge in [-0.2, -0.15) is 4.89 Å². The molecule has 0 amide bonds. The second-order valence-electron chi connectivity index (χ2n) is 2.33. The van der Waals surface area contributed by atoms with Crippen molar-refractivity contribution in [1.82, 2.24) is 0 Å². The minimum absolute atomic E-state index is 0. The Bertz CT molecular complexity index is 158. The van der Waals surface area contributed by atoms with Gasteiger partial charge in [-0.1, -0.05) is 6.92 Å². The zero-order chi connectivity index (χ0) is 9.40. The van der Waals surface area contributed by atoms with E-state index in [1.54, 1.807) is 6.92 Å². The first-order chi connectivity index (χ1) is 5.70. The minimum atomic E-state index is -0.615. The van der Waals surface area contributed by atoms with E-state index in [0.29, 0.717) is 13.0 Å². The fraction of sp³-hybridized carbons (Fsp3) is 0.750. The first-order valence-electron chi connectivity index (χ1n) is 4.04. The van der Waals surface area contributed by atoms with Gasteiger partial charge in [-0.05, 0) is 13.3 Å². The van der Waals surface area contributed by atoms with Crippen LogP contribution >= 0.6 is 0 Å². The largest absolute Gasteiger partial charge is 0.349 e. The van der Waals surface area contributed by atoms with Crippen molar-refractivity contribution in [3.63, 3.8) is 0 Å². The molecule has 13 heavy (non-hydrogen) atoms. The van der Waals surface area contributed by atoms with Gasteiger partial charge in [-0.25, -0.2) is 4.79 Å². The third kappa shape index (κ3) is 9.73. The first kappa shape index (κ1) is 15.3. The third-order valence-corrected chi connectivity index (χ3v) is 1.14. The predicted molar refractivity (Wildman–Crippen MR) is 42.3 cm³/mol. The van der Waals surface area contributed by atoms with Gasteiger partial charge in [0.2, 0.25) is 0 Å². The van der Waals surface area contributed by atoms with E-state index in [2.05, 4.69) is 9.78 Å². The Morgan fingerprint density at radius 2 is 1.85 bits per heavy atom. The summed E-state index contributed by atoms with van der Waals surface area (Å²) in [6.07, 6.45) is 0.982. The van der Waals surface area contributed by atoms with Crippen LogP contribution < -0.4 is 0 Å². The van der Waals surface area contributed by atoms with Crippen molar-refractivity contribution < 1.29 is 41.1 Å². The van der Waals surface area contributed by atoms with E-state index < -0.39 is 5.97 Å². The average molecular weight is 222 g/mol. The molecule has 0 saturated heterocycles. The van der Waals surface area contributed by atoms with Crippen molar-refractivity contribution in [3.05, 3.63) is 0 Å². The van der Waals surface area contributed by atoms with Gasteiger partial charge >= 0.3 is 5.97 Å². The second-order valence-corrected chi connectivity index (χ2v) is 2.33. The minimum Gasteiger partial charge on any atom is -0.299 e. The average Bonchev–Trinajstić information content (AvgIpc) is 2.01. The number of ketones is 1. The molecule has 0 aliphatic rings. The summed E-state index contributed by atoms with van der Waals surface area (Å²) < 4.78 is 0. The number of hydrogen-bond donors (Lipinski definition) is 0. The van der Waals surface area contributed by atoms with Crippen molar-refractivity contribution in [2.45, 2.75) is 33.1 Å². The van der Waals surface area contributed by atoms with E-state index >= 15 is 0 Å². The van der Waals surface area contributed by atoms with Gasteiger partial charge in [0.25, 0.3) is 0 Å². The van der Waals surface area contributed by atoms with Crippen LogP contribution in [0.2, 0.25) is 0 Å². The molecule has 0 N–H and O–H groups in total. The fourth-order valence-corrected chi connectivity index (χ4v) is 0.682. The summed E-state index contributed by atoms with van der Waals surface area (Å²) in [5, 5.41) is 0. The van der Waals surface area contributed by atoms with E-state index in [1.165, 1.54) is 0 Å². The molecule has 0 aromatic heterocycles. The summed E-state index contributed by atoms with van der Waals surface area (Å²) in [6.45, 7) is 3.88. The first-order valence-corrected chi connectivity index (χ1v) is 4.04. The number of Topliss-reactive ketones (excluding diaryl/α,β-unsaturated/α-hetero) is 1. The molecule has 0 saturated carbocycles. The smallest absolute Gasteiger partial charge is 0.299 e. The van der Waals surface area contributed by atoms with Crippen LogP contribution in [0.1, 0.15) is 33.1 Å². The molecule has 5 heteroatoms. The topological polar surface area (TPSA) is 52.6 Å². The third-order valence-electron chi connectivity index (χ3n) is 1.14. The van der Waals surface area contributed by atoms with Crippen molar-refractivity contribution in [2.24, 2.45) is 0 Å². The summed E-state index contributed by atoms with van der Waals surface area (Å²) in [4.78, 5) is 30.2. The van der Waals surface area contributed by atoms with Crippen LogP contribution in [-0.4, -0.2) is 18.4 Å². The quantitative estimate of drug-likeness (QED) is 0.293. The Kier molecular flexibility index (Phi) is 11.6. The molecule has 0 aliphatic carbocycles. The molecule has 0 spiro atoms. The summed E-state index contributed by atoms with van der Waals surface area (Å²) in [7, 11) is 0. The molecule has 0 unspecified atom stereocenters. The van der Waals surface area contributed by atoms with Crippen LogP contribution in [0, 0.1) is 0 Å². The van der Waals surface area contributed by atoms with Crippen LogP contribution in [0.25, 0.3) is 0 Å². The van der Waals surface area contributed by atoms with Gasteiger partial charge < -0.3 is 0 Å². The summed E-state index contributed by atoms with van der Waals surface area (Å²) in [6, 6.07) is 0. The number of hydrogen-bond acceptors (Lipinski definition) is 4. The van der Waals surface area contributed by atoms with Gasteiger partial charge in [-0.15, -0.1) is 0 Å². The van der Waals surface area contributed by atoms with Crippen molar-refractivity contribution in [1.29, 1.82) is 0 Å². The Morgan fingerprint density at radius 3 is 2.31 bits per heavy atom. The molecule has 0 atom stereocenters. The molecule has 0 bridgehead atoms. The molecule has 0 aromatic rings. The Labute approximate surface area is 92.8 Å². The SMILES string of the molecule is CCCC(=O)CC(=O)OOCC.[Ti]. The Hall–Kier alpha value is -0.186. The molecule has 0 fully saturated rings. The Morgan fingerprint density at radius 1 is 1.23 bits per heavy atom. The van der Waals surface area contributed by atoms with Crippen LogP contribution in [0.3, 0.4) is 0 Å². The Balaban J connectivity index is 0. The van der Waals surface area contributed by atoms with E-state index in [0.717, 1.165) is 6.42 Å². The maximum absolute atomic E-state index is 10.9. The van der Waals surface area contributed by atoms with Crippen molar-refractivity contribution >= 4 is 11.8 Å². The summed E-state index contributed by atoms with van der Waals surface area (Å²) in [5.74, 6) is -0.725. The van der Waals surface area contributed by atoms with E-state index in [1.807, 2.05) is 6.92 Å². The zero-order valence-electron chi connectivity index (χ0n) is 7.96. The molecule has 0 radical (unpaired) electrons. The number of carbonyl (C=O) groups is 2. The van der Waals surface area contributed by atoms with Gasteiger partial charge in [0, 0.05) is 28.1 Å². The predicted octanol–water partition coefficient (Wildman–Crippen LogP) is 1.24. The number of carbonyl (C=O) groups excluding carboxylic acids is 2. The van der Waals surface area contributed by atoms with Crippen LogP contribution in [0.4, 0.5) is 0 Å². The van der Waals surface area contributed by atoms with Crippen molar-refractivity contribution in [3.8, 4) is 0 Å². The summed E-state index contributed by atoms with van der Waals surface area (Å²) in [5.41, 5.74) is 0. The van der Waals surface area contributed by atoms with Crippen molar-refractivity contribution in [2.75, 3.05) is 6.61 Å². The standard InChI is InChI=1S/C8H14O4.Ti/c1-3-5-7(9)6-8(10)12-11-4-2;/h3-6H2,1-2H3;. The maximum Gasteiger partial charge on any atom is 0.349 e. The van der Waals surface area contributed by atoms with E-state index in [4.69, 9.17) is 0 Å². The zero-order valence-corrected chi connectivity index (χ0v) is 9.52. The molecular formula is C8H14O4Ti. The van der Waals surface area contributed by atoms with Crippen LogP contribution in [-0.2, 0) is 41.1 Å². The normalized spacial score (nSPS) is 8.77. The fourth-order valence-electron chi connectivity index (χ4n) is 0.682. The summed E-state index contributed by atoms with van der Waals surface area (Å²) >= 11 is 0. The second kappa shape index (κ2) is 9.90. The van der Waals surface area contributed by atoms with Crippen LogP contribution in [0.15, 0.2) is 0 Å². The molecule has 0 aromatic carbocycles. The molecule has 0 aliphatic heterocycles. The molecule has 0 heterocycles. The molecule has 4 nitrogen and oxygen atoms in total. The monoisotopic (exact) mass is 222 g/mol. The number of rotatable bonds is 6. The van der Waals surface area contributed by atoms with Gasteiger partial charge in [0.1, 0.15) is 12.2 Å². The maximum atomic E-state index is 10.9. The van der Waals surface area contributed by atoms with Gasteiger partial charge in [0.15, 0.2) is 0 Å². The molecular weight excluding hydrogens is 208 g/mol.